The molecule has 2 nitrogen and oxygen atoms in total. The Hall–Kier alpha value is -0.410. The summed E-state index contributed by atoms with van der Waals surface area (Å²) in [6.45, 7) is 0. The Morgan fingerprint density at radius 1 is 1.67 bits per heavy atom. The average Bonchev–Trinajstić information content (AvgIpc) is 2.66. The molecule has 0 aliphatic heterocycles. The molecule has 1 aromatic heterocycles. The van der Waals surface area contributed by atoms with Crippen molar-refractivity contribution >= 4 is 11.3 Å². The minimum absolute atomic E-state index is 0.337. The molecule has 0 radical (unpaired) electrons. The minimum atomic E-state index is 0.337. The van der Waals surface area contributed by atoms with Crippen LogP contribution in [0, 0.1) is 5.92 Å². The van der Waals surface area contributed by atoms with Crippen molar-refractivity contribution in [1.29, 1.82) is 0 Å². The molecular weight excluding hydrogens is 168 g/mol. The van der Waals surface area contributed by atoms with Crippen LogP contribution in [0.5, 0.6) is 0 Å². The molecule has 1 unspecified atom stereocenters. The Balaban J connectivity index is 1.77. The first-order chi connectivity index (χ1) is 5.84. The van der Waals surface area contributed by atoms with Crippen molar-refractivity contribution in [3.05, 3.63) is 16.6 Å². The molecule has 66 valence electrons. The van der Waals surface area contributed by atoms with Gasteiger partial charge in [0.25, 0.3) is 0 Å². The monoisotopic (exact) mass is 182 g/mol. The van der Waals surface area contributed by atoms with Gasteiger partial charge in [0, 0.05) is 24.0 Å². The van der Waals surface area contributed by atoms with Crippen molar-refractivity contribution in [1.82, 2.24) is 4.98 Å². The normalized spacial score (nSPS) is 19.4. The number of hydrogen-bond acceptors (Lipinski definition) is 3. The van der Waals surface area contributed by atoms with E-state index in [1.807, 2.05) is 11.6 Å². The number of nitrogens with two attached hydrogens (primary N) is 1. The fourth-order valence-corrected chi connectivity index (χ4v) is 2.15. The molecule has 0 saturated heterocycles. The molecule has 2 rings (SSSR count). The first-order valence-electron chi connectivity index (χ1n) is 4.48. The quantitative estimate of drug-likeness (QED) is 0.771. The summed E-state index contributed by atoms with van der Waals surface area (Å²) in [6.07, 6.45) is 6.80. The second-order valence-electron chi connectivity index (χ2n) is 3.57. The summed E-state index contributed by atoms with van der Waals surface area (Å²) >= 11 is 1.71. The van der Waals surface area contributed by atoms with E-state index in [1.165, 1.54) is 24.3 Å². The van der Waals surface area contributed by atoms with Crippen LogP contribution in [0.4, 0.5) is 0 Å². The molecule has 2 N–H and O–H groups in total. The smallest absolute Gasteiger partial charge is 0.0940 e. The standard InChI is InChI=1S/C9H14N2S/c10-8(5-7-1-2-7)6-9-11-3-4-12-9/h3-4,7-8H,1-2,5-6,10H2. The zero-order valence-electron chi connectivity index (χ0n) is 7.07. The van der Waals surface area contributed by atoms with Crippen molar-refractivity contribution in [2.75, 3.05) is 0 Å². The van der Waals surface area contributed by atoms with Gasteiger partial charge in [-0.1, -0.05) is 12.8 Å². The SMILES string of the molecule is NC(Cc1nccs1)CC1CC1. The first kappa shape index (κ1) is 8.20. The van der Waals surface area contributed by atoms with Crippen LogP contribution in [-0.2, 0) is 6.42 Å². The molecule has 1 atom stereocenters. The van der Waals surface area contributed by atoms with Crippen molar-refractivity contribution in [3.63, 3.8) is 0 Å². The minimum Gasteiger partial charge on any atom is -0.327 e. The van der Waals surface area contributed by atoms with E-state index in [4.69, 9.17) is 5.73 Å². The van der Waals surface area contributed by atoms with Gasteiger partial charge in [-0.05, 0) is 12.3 Å². The maximum atomic E-state index is 5.97. The highest BCUT2D eigenvalue weighted by Crippen LogP contribution is 2.33. The molecule has 3 heteroatoms. The summed E-state index contributed by atoms with van der Waals surface area (Å²) in [6, 6.07) is 0.337. The zero-order chi connectivity index (χ0) is 8.39. The molecule has 1 aromatic rings. The second kappa shape index (κ2) is 3.54. The van der Waals surface area contributed by atoms with Crippen molar-refractivity contribution in [2.45, 2.75) is 31.7 Å². The van der Waals surface area contributed by atoms with E-state index in [0.29, 0.717) is 6.04 Å². The molecule has 0 bridgehead atoms. The Morgan fingerprint density at radius 2 is 2.50 bits per heavy atom. The molecule has 1 aliphatic rings. The van der Waals surface area contributed by atoms with Gasteiger partial charge in [-0.15, -0.1) is 11.3 Å². The molecular formula is C9H14N2S. The van der Waals surface area contributed by atoms with Crippen molar-refractivity contribution < 1.29 is 0 Å². The third kappa shape index (κ3) is 2.29. The van der Waals surface area contributed by atoms with Crippen LogP contribution >= 0.6 is 11.3 Å². The Labute approximate surface area is 76.8 Å². The highest BCUT2D eigenvalue weighted by molar-refractivity contribution is 7.09. The summed E-state index contributed by atoms with van der Waals surface area (Å²) in [7, 11) is 0. The van der Waals surface area contributed by atoms with Crippen LogP contribution in [0.2, 0.25) is 0 Å². The van der Waals surface area contributed by atoms with Gasteiger partial charge < -0.3 is 5.73 Å². The highest BCUT2D eigenvalue weighted by Gasteiger charge is 2.23. The lowest BCUT2D eigenvalue weighted by Gasteiger charge is -2.07. The van der Waals surface area contributed by atoms with Gasteiger partial charge in [0.1, 0.15) is 0 Å². The molecule has 1 heterocycles. The molecule has 1 aliphatic carbocycles. The number of hydrogen-bond donors (Lipinski definition) is 1. The summed E-state index contributed by atoms with van der Waals surface area (Å²) in [5, 5.41) is 3.20. The molecule has 12 heavy (non-hydrogen) atoms. The third-order valence-electron chi connectivity index (χ3n) is 2.25. The number of thiazole rings is 1. The lowest BCUT2D eigenvalue weighted by molar-refractivity contribution is 0.565. The fraction of sp³-hybridized carbons (Fsp3) is 0.667. The first-order valence-corrected chi connectivity index (χ1v) is 5.36. The van der Waals surface area contributed by atoms with E-state index in [1.54, 1.807) is 11.3 Å². The molecule has 0 amide bonds. The van der Waals surface area contributed by atoms with Gasteiger partial charge in [-0.2, -0.15) is 0 Å². The molecule has 0 spiro atoms. The van der Waals surface area contributed by atoms with E-state index in [2.05, 4.69) is 4.98 Å². The van der Waals surface area contributed by atoms with E-state index in [0.717, 1.165) is 12.3 Å². The lowest BCUT2D eigenvalue weighted by atomic mass is 10.1. The van der Waals surface area contributed by atoms with Crippen LogP contribution < -0.4 is 5.73 Å². The molecule has 1 fully saturated rings. The fourth-order valence-electron chi connectivity index (χ4n) is 1.44. The van der Waals surface area contributed by atoms with Gasteiger partial charge in [0.2, 0.25) is 0 Å². The maximum Gasteiger partial charge on any atom is 0.0940 e. The van der Waals surface area contributed by atoms with E-state index in [9.17, 15) is 0 Å². The van der Waals surface area contributed by atoms with Gasteiger partial charge in [-0.3, -0.25) is 0 Å². The van der Waals surface area contributed by atoms with Crippen molar-refractivity contribution in [2.24, 2.45) is 11.7 Å². The number of aromatic nitrogens is 1. The Bertz CT molecular complexity index is 229. The van der Waals surface area contributed by atoms with Crippen LogP contribution in [0.25, 0.3) is 0 Å². The summed E-state index contributed by atoms with van der Waals surface area (Å²) < 4.78 is 0. The largest absolute Gasteiger partial charge is 0.327 e. The van der Waals surface area contributed by atoms with Crippen LogP contribution in [0.3, 0.4) is 0 Å². The number of rotatable bonds is 4. The second-order valence-corrected chi connectivity index (χ2v) is 4.55. The summed E-state index contributed by atoms with van der Waals surface area (Å²) in [4.78, 5) is 4.22. The van der Waals surface area contributed by atoms with E-state index < -0.39 is 0 Å². The van der Waals surface area contributed by atoms with E-state index >= 15 is 0 Å². The Kier molecular flexibility index (Phi) is 2.42. The Morgan fingerprint density at radius 3 is 3.08 bits per heavy atom. The van der Waals surface area contributed by atoms with Gasteiger partial charge in [-0.25, -0.2) is 4.98 Å². The predicted octanol–water partition coefficient (Wildman–Crippen LogP) is 1.81. The predicted molar refractivity (Wildman–Crippen MR) is 51.1 cm³/mol. The molecule has 0 aromatic carbocycles. The van der Waals surface area contributed by atoms with Gasteiger partial charge >= 0.3 is 0 Å². The zero-order valence-corrected chi connectivity index (χ0v) is 7.89. The van der Waals surface area contributed by atoms with Crippen LogP contribution in [0.1, 0.15) is 24.3 Å². The van der Waals surface area contributed by atoms with Crippen LogP contribution in [-0.4, -0.2) is 11.0 Å². The molecule has 1 saturated carbocycles. The third-order valence-corrected chi connectivity index (χ3v) is 3.06. The summed E-state index contributed by atoms with van der Waals surface area (Å²) in [5.74, 6) is 0.931. The number of nitrogens with zero attached hydrogens (tertiary/aromatic N) is 1. The lowest BCUT2D eigenvalue weighted by Crippen LogP contribution is -2.23. The van der Waals surface area contributed by atoms with Crippen molar-refractivity contribution in [3.8, 4) is 0 Å². The van der Waals surface area contributed by atoms with Crippen LogP contribution in [0.15, 0.2) is 11.6 Å². The van der Waals surface area contributed by atoms with Gasteiger partial charge in [0.15, 0.2) is 0 Å². The highest BCUT2D eigenvalue weighted by atomic mass is 32.1. The maximum absolute atomic E-state index is 5.97. The average molecular weight is 182 g/mol. The van der Waals surface area contributed by atoms with E-state index in [-0.39, 0.29) is 0 Å². The topological polar surface area (TPSA) is 38.9 Å². The summed E-state index contributed by atoms with van der Waals surface area (Å²) in [5.41, 5.74) is 5.97. The van der Waals surface area contributed by atoms with Gasteiger partial charge in [0.05, 0.1) is 5.01 Å².